The number of carbonyl (C=O) groups is 4. The Morgan fingerprint density at radius 1 is 0.616 bits per heavy atom. The molecule has 0 aromatic heterocycles. The maximum absolute atomic E-state index is 12.9. The largest absolute Gasteiger partial charge is 0.394 e. The summed E-state index contributed by atoms with van der Waals surface area (Å²) in [5.74, 6) is -0.0167. The van der Waals surface area contributed by atoms with Gasteiger partial charge in [0.15, 0.2) is 25.2 Å². The lowest BCUT2D eigenvalue weighted by Crippen LogP contribution is -2.70. The quantitative estimate of drug-likeness (QED) is 0.0299. The zero-order valence-corrected chi connectivity index (χ0v) is 42.0. The molecule has 6 saturated heterocycles. The van der Waals surface area contributed by atoms with E-state index in [1.807, 2.05) is 11.8 Å². The SMILES string of the molecule is CC(=O)NC1C(OCCCNC(=O)CCCCCNC(=O)CCCC[C@@H]2SC[C@@H]3NC(=O)N[C@@H]32)OC(CO)C(OC2OC(C)C(O)C(O)C2O)C1OC1OC(CO)C(O)C(O)C1OC1OC(C)C(O)C(O)C1O. The van der Waals surface area contributed by atoms with Gasteiger partial charge in [-0.15, -0.1) is 0 Å². The van der Waals surface area contributed by atoms with Crippen molar-refractivity contribution in [2.75, 3.05) is 38.7 Å². The number of hydrogen-bond acceptors (Lipinski definition) is 23. The van der Waals surface area contributed by atoms with Crippen LogP contribution in [-0.2, 0) is 52.3 Å². The lowest BCUT2D eigenvalue weighted by molar-refractivity contribution is -0.391. The van der Waals surface area contributed by atoms with Gasteiger partial charge in [-0.25, -0.2) is 4.79 Å². The Hall–Kier alpha value is -2.69. The van der Waals surface area contributed by atoms with Crippen LogP contribution in [0, 0.1) is 0 Å². The van der Waals surface area contributed by atoms with Gasteiger partial charge in [-0.05, 0) is 46.0 Å². The lowest BCUT2D eigenvalue weighted by Gasteiger charge is -2.51. The lowest BCUT2D eigenvalue weighted by atomic mass is 9.94. The van der Waals surface area contributed by atoms with Crippen molar-refractivity contribution in [2.45, 2.75) is 219 Å². The van der Waals surface area contributed by atoms with Crippen molar-refractivity contribution in [3.63, 3.8) is 0 Å². The monoisotopic (exact) mass is 1070 g/mol. The Labute approximate surface area is 426 Å². The number of thioether (sulfide) groups is 1. The molecular weight excluding hydrogens is 995 g/mol. The minimum absolute atomic E-state index is 0.0245. The van der Waals surface area contributed by atoms with Gasteiger partial charge in [-0.1, -0.05) is 12.8 Å². The highest BCUT2D eigenvalue weighted by molar-refractivity contribution is 8.00. The predicted octanol–water partition coefficient (Wildman–Crippen LogP) is -5.62. The van der Waals surface area contributed by atoms with E-state index in [1.165, 1.54) is 13.8 Å². The first-order valence-electron chi connectivity index (χ1n) is 25.2. The number of nitrogens with one attached hydrogen (secondary N) is 5. The number of aliphatic hydroxyl groups excluding tert-OH is 10. The molecule has 6 heterocycles. The van der Waals surface area contributed by atoms with Crippen molar-refractivity contribution >= 4 is 35.5 Å². The van der Waals surface area contributed by atoms with Crippen molar-refractivity contribution in [2.24, 2.45) is 0 Å². The fraction of sp³-hybridized carbons (Fsp3) is 0.911. The van der Waals surface area contributed by atoms with Crippen LogP contribution in [0.5, 0.6) is 0 Å². The van der Waals surface area contributed by atoms with Gasteiger partial charge in [0.25, 0.3) is 0 Å². The van der Waals surface area contributed by atoms with E-state index in [0.717, 1.165) is 31.9 Å². The molecule has 0 aromatic carbocycles. The number of hydrogen-bond donors (Lipinski definition) is 15. The van der Waals surface area contributed by atoms with Gasteiger partial charge >= 0.3 is 6.03 Å². The van der Waals surface area contributed by atoms with Crippen LogP contribution in [0.4, 0.5) is 4.79 Å². The first-order chi connectivity index (χ1) is 34.8. The third kappa shape index (κ3) is 15.5. The van der Waals surface area contributed by atoms with E-state index in [-0.39, 0.29) is 55.9 Å². The van der Waals surface area contributed by atoms with Crippen LogP contribution in [0.3, 0.4) is 0 Å². The van der Waals surface area contributed by atoms with E-state index >= 15 is 0 Å². The van der Waals surface area contributed by atoms with E-state index in [2.05, 4.69) is 26.6 Å². The molecule has 5 amide bonds. The number of ether oxygens (including phenoxy) is 8. The van der Waals surface area contributed by atoms with Crippen LogP contribution in [-0.4, -0.2) is 254 Å². The highest BCUT2D eigenvalue weighted by atomic mass is 32.2. The highest BCUT2D eigenvalue weighted by Gasteiger charge is 2.56. The van der Waals surface area contributed by atoms with Crippen LogP contribution in [0.1, 0.15) is 78.6 Å². The minimum atomic E-state index is -1.96. The van der Waals surface area contributed by atoms with Crippen LogP contribution < -0.4 is 26.6 Å². The average molecular weight is 1070 g/mol. The second kappa shape index (κ2) is 28.1. The molecule has 28 heteroatoms. The van der Waals surface area contributed by atoms with Gasteiger partial charge in [0.05, 0.1) is 44.1 Å². The summed E-state index contributed by atoms with van der Waals surface area (Å²) in [4.78, 5) is 49.5. The molecule has 6 fully saturated rings. The summed E-state index contributed by atoms with van der Waals surface area (Å²) >= 11 is 1.85. The summed E-state index contributed by atoms with van der Waals surface area (Å²) in [6.45, 7) is 2.76. The summed E-state index contributed by atoms with van der Waals surface area (Å²) in [5, 5.41) is 121. The van der Waals surface area contributed by atoms with Crippen molar-refractivity contribution in [3.05, 3.63) is 0 Å². The first-order valence-corrected chi connectivity index (χ1v) is 26.2. The summed E-state index contributed by atoms with van der Waals surface area (Å²) in [5.41, 5.74) is 0. The predicted molar refractivity (Wildman–Crippen MR) is 249 cm³/mol. The zero-order valence-electron chi connectivity index (χ0n) is 41.2. The number of rotatable bonds is 25. The van der Waals surface area contributed by atoms with Crippen molar-refractivity contribution in [1.29, 1.82) is 0 Å². The maximum atomic E-state index is 12.9. The van der Waals surface area contributed by atoms with Gasteiger partial charge in [-0.3, -0.25) is 14.4 Å². The van der Waals surface area contributed by atoms with E-state index in [0.29, 0.717) is 37.5 Å². The molecule has 20 unspecified atom stereocenters. The second-order valence-corrected chi connectivity index (χ2v) is 20.7. The van der Waals surface area contributed by atoms with Crippen LogP contribution in [0.15, 0.2) is 0 Å². The molecule has 27 nitrogen and oxygen atoms in total. The van der Waals surface area contributed by atoms with E-state index < -0.39 is 142 Å². The number of urea groups is 1. The Morgan fingerprint density at radius 3 is 1.78 bits per heavy atom. The van der Waals surface area contributed by atoms with Gasteiger partial charge in [0.1, 0.15) is 85.4 Å². The van der Waals surface area contributed by atoms with Crippen molar-refractivity contribution in [3.8, 4) is 0 Å². The Morgan fingerprint density at radius 2 is 1.18 bits per heavy atom. The maximum Gasteiger partial charge on any atom is 0.315 e. The van der Waals surface area contributed by atoms with Crippen molar-refractivity contribution < 1.29 is 108 Å². The molecule has 0 aromatic rings. The summed E-state index contributed by atoms with van der Waals surface area (Å²) in [6, 6.07) is -1.23. The second-order valence-electron chi connectivity index (χ2n) is 19.4. The molecular formula is C45H77N5O22S. The van der Waals surface area contributed by atoms with Gasteiger partial charge in [0, 0.05) is 43.9 Å². The number of carbonyl (C=O) groups excluding carboxylic acids is 4. The van der Waals surface area contributed by atoms with E-state index in [9.17, 15) is 70.2 Å². The van der Waals surface area contributed by atoms with Crippen LogP contribution in [0.25, 0.3) is 0 Å². The molecule has 6 aliphatic rings. The first kappa shape index (κ1) is 59.6. The summed E-state index contributed by atoms with van der Waals surface area (Å²) < 4.78 is 47.8. The number of unbranched alkanes of at least 4 members (excludes halogenated alkanes) is 3. The molecule has 73 heavy (non-hydrogen) atoms. The molecule has 420 valence electrons. The smallest absolute Gasteiger partial charge is 0.315 e. The summed E-state index contributed by atoms with van der Waals surface area (Å²) in [6.07, 6.45) is -25.9. The van der Waals surface area contributed by atoms with Gasteiger partial charge in [0.2, 0.25) is 17.7 Å². The Bertz CT molecular complexity index is 1770. The van der Waals surface area contributed by atoms with Crippen molar-refractivity contribution in [1.82, 2.24) is 26.6 Å². The Kier molecular flexibility index (Phi) is 22.9. The van der Waals surface area contributed by atoms with Gasteiger partial charge < -0.3 is 116 Å². The van der Waals surface area contributed by atoms with E-state index in [1.54, 1.807) is 0 Å². The topological polar surface area (TPSA) is 405 Å². The number of fused-ring (bicyclic) bond motifs is 1. The Balaban J connectivity index is 1.03. The third-order valence-electron chi connectivity index (χ3n) is 13.9. The minimum Gasteiger partial charge on any atom is -0.394 e. The molecule has 6 rings (SSSR count). The normalized spacial score (nSPS) is 41.6. The van der Waals surface area contributed by atoms with Gasteiger partial charge in [-0.2, -0.15) is 11.8 Å². The fourth-order valence-corrected chi connectivity index (χ4v) is 11.2. The molecule has 0 spiro atoms. The van der Waals surface area contributed by atoms with Crippen LogP contribution >= 0.6 is 11.8 Å². The van der Waals surface area contributed by atoms with Crippen LogP contribution in [0.2, 0.25) is 0 Å². The molecule has 23 atom stereocenters. The molecule has 0 saturated carbocycles. The third-order valence-corrected chi connectivity index (χ3v) is 15.4. The standard InChI is InChI=1S/C45H77N5O22S/c1-19-30(56)33(59)36(62)42(66-19)70-38-24(17-52)69-41(65-15-9-14-47-26(54)11-5-4-8-13-46-27(55)12-7-6-10-25-28-22(18-73-25)49-45(64)50-28)29(48-21(3)53)39(38)71-44-40(35(61)32(58)23(16-51)68-44)72-43-37(63)34(60)31(57)20(2)67-43/h19-20,22-25,28-44,51-52,56-63H,4-18H2,1-3H3,(H,46,55)(H,47,54)(H,48,53)(H2,49,50,64)/t19?,20?,22-,23?,24?,25-,28-,29?,30?,31?,32?,33?,34?,35?,36?,37?,38?,39?,40?,41?,42?,43?,44?/m0/s1. The molecule has 0 bridgehead atoms. The fourth-order valence-electron chi connectivity index (χ4n) is 9.70. The molecule has 0 aliphatic carbocycles. The molecule has 15 N–H and O–H groups in total. The molecule has 6 aliphatic heterocycles. The number of aliphatic hydroxyl groups is 10. The molecule has 0 radical (unpaired) electrons. The number of amides is 5. The average Bonchev–Trinajstić information content (AvgIpc) is 3.92. The van der Waals surface area contributed by atoms with E-state index in [4.69, 9.17) is 37.9 Å². The summed E-state index contributed by atoms with van der Waals surface area (Å²) in [7, 11) is 0. The highest BCUT2D eigenvalue weighted by Crippen LogP contribution is 2.37. The zero-order chi connectivity index (χ0) is 53.1.